The highest BCUT2D eigenvalue weighted by Gasteiger charge is 2.30. The molecule has 0 saturated heterocycles. The van der Waals surface area contributed by atoms with E-state index in [1.807, 2.05) is 44.2 Å². The van der Waals surface area contributed by atoms with Gasteiger partial charge >= 0.3 is 0 Å². The zero-order chi connectivity index (χ0) is 14.6. The van der Waals surface area contributed by atoms with E-state index in [1.54, 1.807) is 12.1 Å². The normalized spacial score (nSPS) is 13.8. The van der Waals surface area contributed by atoms with Crippen LogP contribution >= 0.6 is 0 Å². The summed E-state index contributed by atoms with van der Waals surface area (Å²) in [5.74, 6) is 0.522. The second kappa shape index (κ2) is 6.06. The van der Waals surface area contributed by atoms with Gasteiger partial charge in [0.25, 0.3) is 0 Å². The molecule has 0 spiro atoms. The first-order valence-corrected chi connectivity index (χ1v) is 6.89. The number of hydrogen-bond donors (Lipinski definition) is 1. The molecule has 20 heavy (non-hydrogen) atoms. The number of rotatable bonds is 5. The molecule has 2 N–H and O–H groups in total. The van der Waals surface area contributed by atoms with E-state index in [1.165, 1.54) is 6.07 Å². The van der Waals surface area contributed by atoms with Gasteiger partial charge in [0.2, 0.25) is 0 Å². The quantitative estimate of drug-likeness (QED) is 0.898. The van der Waals surface area contributed by atoms with Crippen LogP contribution < -0.4 is 10.5 Å². The lowest BCUT2D eigenvalue weighted by Gasteiger charge is -2.30. The molecule has 1 unspecified atom stereocenters. The highest BCUT2D eigenvalue weighted by molar-refractivity contribution is 5.40. The fraction of sp³-hybridized carbons (Fsp3) is 0.294. The number of hydrogen-bond acceptors (Lipinski definition) is 2. The van der Waals surface area contributed by atoms with Crippen molar-refractivity contribution in [2.45, 2.75) is 25.8 Å². The second-order valence-electron chi connectivity index (χ2n) is 4.76. The lowest BCUT2D eigenvalue weighted by atomic mass is 9.81. The van der Waals surface area contributed by atoms with Crippen LogP contribution in [-0.2, 0) is 5.54 Å². The number of ether oxygens (including phenoxy) is 1. The van der Waals surface area contributed by atoms with Crippen molar-refractivity contribution in [2.75, 3.05) is 6.61 Å². The first kappa shape index (κ1) is 14.5. The van der Waals surface area contributed by atoms with Crippen molar-refractivity contribution in [2.24, 2.45) is 5.73 Å². The van der Waals surface area contributed by atoms with Crippen LogP contribution in [0.3, 0.4) is 0 Å². The van der Waals surface area contributed by atoms with Crippen molar-refractivity contribution in [3.8, 4) is 5.75 Å². The molecule has 0 aliphatic carbocycles. The maximum atomic E-state index is 14.1. The van der Waals surface area contributed by atoms with Crippen LogP contribution in [0.4, 0.5) is 4.39 Å². The van der Waals surface area contributed by atoms with Gasteiger partial charge in [0.1, 0.15) is 11.6 Å². The summed E-state index contributed by atoms with van der Waals surface area (Å²) in [6.07, 6.45) is 0.613. The first-order valence-electron chi connectivity index (χ1n) is 6.89. The minimum absolute atomic E-state index is 0.272. The molecule has 1 atom stereocenters. The Balaban J connectivity index is 2.42. The Labute approximate surface area is 119 Å². The number of benzene rings is 2. The molecule has 2 aromatic carbocycles. The third-order valence-electron chi connectivity index (χ3n) is 3.59. The summed E-state index contributed by atoms with van der Waals surface area (Å²) in [4.78, 5) is 0. The fourth-order valence-corrected chi connectivity index (χ4v) is 2.39. The SMILES string of the molecule is CCOc1ccc(C(N)(CC)c2ccccc2F)cc1. The van der Waals surface area contributed by atoms with E-state index in [0.717, 1.165) is 11.3 Å². The minimum Gasteiger partial charge on any atom is -0.494 e. The van der Waals surface area contributed by atoms with Crippen LogP contribution in [0.1, 0.15) is 31.4 Å². The van der Waals surface area contributed by atoms with Crippen molar-refractivity contribution in [1.82, 2.24) is 0 Å². The van der Waals surface area contributed by atoms with Gasteiger partial charge in [-0.25, -0.2) is 4.39 Å². The summed E-state index contributed by atoms with van der Waals surface area (Å²) in [5.41, 5.74) is 7.06. The summed E-state index contributed by atoms with van der Waals surface area (Å²) < 4.78 is 19.5. The zero-order valence-electron chi connectivity index (χ0n) is 11.9. The van der Waals surface area contributed by atoms with Gasteiger partial charge in [-0.3, -0.25) is 0 Å². The summed E-state index contributed by atoms with van der Waals surface area (Å²) >= 11 is 0. The first-order chi connectivity index (χ1) is 9.61. The molecular weight excluding hydrogens is 253 g/mol. The topological polar surface area (TPSA) is 35.2 Å². The standard InChI is InChI=1S/C17H20FNO/c1-3-17(19,15-7-5-6-8-16(15)18)13-9-11-14(12-10-13)20-4-2/h5-12H,3-4,19H2,1-2H3. The van der Waals surface area contributed by atoms with Crippen LogP contribution in [0.2, 0.25) is 0 Å². The van der Waals surface area contributed by atoms with Gasteiger partial charge in [-0.2, -0.15) is 0 Å². The molecule has 106 valence electrons. The predicted molar refractivity (Wildman–Crippen MR) is 79.3 cm³/mol. The largest absolute Gasteiger partial charge is 0.494 e. The fourth-order valence-electron chi connectivity index (χ4n) is 2.39. The van der Waals surface area contributed by atoms with Gasteiger partial charge in [-0.1, -0.05) is 37.3 Å². The third-order valence-corrected chi connectivity index (χ3v) is 3.59. The average Bonchev–Trinajstić information content (AvgIpc) is 2.48. The monoisotopic (exact) mass is 273 g/mol. The molecule has 2 nitrogen and oxygen atoms in total. The van der Waals surface area contributed by atoms with Gasteiger partial charge in [0.15, 0.2) is 0 Å². The molecular formula is C17H20FNO. The summed E-state index contributed by atoms with van der Waals surface area (Å²) in [5, 5.41) is 0. The molecule has 2 rings (SSSR count). The van der Waals surface area contributed by atoms with Crippen LogP contribution in [0, 0.1) is 5.82 Å². The van der Waals surface area contributed by atoms with Crippen molar-refractivity contribution < 1.29 is 9.13 Å². The molecule has 0 aromatic heterocycles. The van der Waals surface area contributed by atoms with Crippen LogP contribution in [0.5, 0.6) is 5.75 Å². The predicted octanol–water partition coefficient (Wildman–Crippen LogP) is 3.84. The van der Waals surface area contributed by atoms with Gasteiger partial charge in [0.05, 0.1) is 12.1 Å². The van der Waals surface area contributed by atoms with Crippen molar-refractivity contribution in [3.05, 3.63) is 65.5 Å². The molecule has 3 heteroatoms. The highest BCUT2D eigenvalue weighted by atomic mass is 19.1. The molecule has 0 aliphatic heterocycles. The lowest BCUT2D eigenvalue weighted by molar-refractivity contribution is 0.340. The Morgan fingerprint density at radius 3 is 2.25 bits per heavy atom. The third kappa shape index (κ3) is 2.68. The second-order valence-corrected chi connectivity index (χ2v) is 4.76. The van der Waals surface area contributed by atoms with Crippen molar-refractivity contribution in [3.63, 3.8) is 0 Å². The van der Waals surface area contributed by atoms with E-state index in [0.29, 0.717) is 18.6 Å². The maximum Gasteiger partial charge on any atom is 0.128 e. The van der Waals surface area contributed by atoms with E-state index in [-0.39, 0.29) is 5.82 Å². The molecule has 0 heterocycles. The Hall–Kier alpha value is -1.87. The number of nitrogens with two attached hydrogens (primary N) is 1. The van der Waals surface area contributed by atoms with E-state index >= 15 is 0 Å². The van der Waals surface area contributed by atoms with Gasteiger partial charge in [-0.05, 0) is 37.1 Å². The molecule has 0 amide bonds. The van der Waals surface area contributed by atoms with Crippen molar-refractivity contribution in [1.29, 1.82) is 0 Å². The van der Waals surface area contributed by atoms with Crippen molar-refractivity contribution >= 4 is 0 Å². The summed E-state index contributed by atoms with van der Waals surface area (Å²) in [7, 11) is 0. The zero-order valence-corrected chi connectivity index (χ0v) is 11.9. The Morgan fingerprint density at radius 1 is 1.05 bits per heavy atom. The van der Waals surface area contributed by atoms with Crippen LogP contribution in [0.25, 0.3) is 0 Å². The maximum absolute atomic E-state index is 14.1. The smallest absolute Gasteiger partial charge is 0.128 e. The van der Waals surface area contributed by atoms with E-state index in [9.17, 15) is 4.39 Å². The molecule has 0 aliphatic rings. The van der Waals surface area contributed by atoms with E-state index in [4.69, 9.17) is 10.5 Å². The molecule has 0 saturated carbocycles. The molecule has 0 fully saturated rings. The molecule has 0 bridgehead atoms. The summed E-state index contributed by atoms with van der Waals surface area (Å²) in [6, 6.07) is 14.2. The number of halogens is 1. The van der Waals surface area contributed by atoms with Gasteiger partial charge in [-0.15, -0.1) is 0 Å². The van der Waals surface area contributed by atoms with Crippen LogP contribution in [-0.4, -0.2) is 6.61 Å². The highest BCUT2D eigenvalue weighted by Crippen LogP contribution is 2.32. The Bertz CT molecular complexity index is 567. The van der Waals surface area contributed by atoms with Gasteiger partial charge in [0, 0.05) is 5.56 Å². The van der Waals surface area contributed by atoms with E-state index < -0.39 is 5.54 Å². The van der Waals surface area contributed by atoms with Gasteiger partial charge < -0.3 is 10.5 Å². The minimum atomic E-state index is -0.823. The summed E-state index contributed by atoms with van der Waals surface area (Å²) in [6.45, 7) is 4.52. The average molecular weight is 273 g/mol. The molecule has 0 radical (unpaired) electrons. The lowest BCUT2D eigenvalue weighted by Crippen LogP contribution is -2.38. The van der Waals surface area contributed by atoms with E-state index in [2.05, 4.69) is 0 Å². The Morgan fingerprint density at radius 2 is 1.70 bits per heavy atom. The van der Waals surface area contributed by atoms with Crippen LogP contribution in [0.15, 0.2) is 48.5 Å². The molecule has 2 aromatic rings. The Kier molecular flexibility index (Phi) is 4.40.